The maximum Gasteiger partial charge on any atom is 0.278 e. The molecule has 0 aliphatic heterocycles. The average Bonchev–Trinajstić information content (AvgIpc) is 2.54. The summed E-state index contributed by atoms with van der Waals surface area (Å²) in [5.41, 5.74) is -1.12. The zero-order valence-corrected chi connectivity index (χ0v) is 12.7. The molecule has 0 saturated carbocycles. The van der Waals surface area contributed by atoms with Crippen LogP contribution in [0.5, 0.6) is 11.5 Å². The standard InChI is InChI=1S/C16H13ClN2O4/c17-11-3-1-2-4-13(11)23-10-9-19-8-7-18-6-5-12(20)15(21)14(18)16(19)22/h1-8,21H,9-10H2. The molecule has 1 N–H and O–H groups in total. The van der Waals surface area contributed by atoms with E-state index in [4.69, 9.17) is 16.3 Å². The summed E-state index contributed by atoms with van der Waals surface area (Å²) < 4.78 is 8.31. The van der Waals surface area contributed by atoms with Gasteiger partial charge in [0.15, 0.2) is 11.3 Å². The van der Waals surface area contributed by atoms with E-state index in [0.29, 0.717) is 10.8 Å². The molecule has 23 heavy (non-hydrogen) atoms. The molecule has 7 heteroatoms. The topological polar surface area (TPSA) is 72.9 Å². The Balaban J connectivity index is 1.85. The first-order valence-corrected chi connectivity index (χ1v) is 7.26. The Morgan fingerprint density at radius 3 is 2.65 bits per heavy atom. The van der Waals surface area contributed by atoms with E-state index in [9.17, 15) is 14.7 Å². The molecular formula is C16H13ClN2O4. The van der Waals surface area contributed by atoms with Crippen LogP contribution in [0.15, 0.2) is 58.5 Å². The van der Waals surface area contributed by atoms with Crippen LogP contribution in [-0.2, 0) is 6.54 Å². The summed E-state index contributed by atoms with van der Waals surface area (Å²) in [6.07, 6.45) is 4.59. The number of hydrogen-bond acceptors (Lipinski definition) is 4. The van der Waals surface area contributed by atoms with Gasteiger partial charge in [0.2, 0.25) is 5.43 Å². The molecule has 0 aliphatic carbocycles. The molecule has 1 aromatic carbocycles. The third-order valence-corrected chi connectivity index (χ3v) is 3.71. The maximum absolute atomic E-state index is 12.4. The zero-order chi connectivity index (χ0) is 16.4. The number of fused-ring (bicyclic) bond motifs is 1. The quantitative estimate of drug-likeness (QED) is 0.792. The Labute approximate surface area is 135 Å². The number of aromatic hydroxyl groups is 1. The van der Waals surface area contributed by atoms with Crippen molar-refractivity contribution < 1.29 is 9.84 Å². The van der Waals surface area contributed by atoms with Crippen molar-refractivity contribution in [1.29, 1.82) is 0 Å². The van der Waals surface area contributed by atoms with Crippen LogP contribution in [0.2, 0.25) is 5.02 Å². The zero-order valence-electron chi connectivity index (χ0n) is 12.0. The number of aromatic nitrogens is 2. The van der Waals surface area contributed by atoms with Crippen LogP contribution in [0.25, 0.3) is 5.52 Å². The van der Waals surface area contributed by atoms with E-state index in [2.05, 4.69) is 0 Å². The molecule has 0 spiro atoms. The fourth-order valence-corrected chi connectivity index (χ4v) is 2.41. The van der Waals surface area contributed by atoms with Crippen LogP contribution in [-0.4, -0.2) is 20.7 Å². The van der Waals surface area contributed by atoms with Gasteiger partial charge < -0.3 is 18.8 Å². The molecule has 0 bridgehead atoms. The highest BCUT2D eigenvalue weighted by Gasteiger charge is 2.10. The minimum Gasteiger partial charge on any atom is -0.503 e. The largest absolute Gasteiger partial charge is 0.503 e. The maximum atomic E-state index is 12.4. The van der Waals surface area contributed by atoms with Crippen LogP contribution in [0.4, 0.5) is 0 Å². The van der Waals surface area contributed by atoms with Crippen LogP contribution in [0, 0.1) is 0 Å². The molecule has 6 nitrogen and oxygen atoms in total. The molecule has 118 valence electrons. The molecule has 3 rings (SSSR count). The van der Waals surface area contributed by atoms with Gasteiger partial charge in [-0.2, -0.15) is 0 Å². The molecule has 2 heterocycles. The van der Waals surface area contributed by atoms with Crippen molar-refractivity contribution in [3.8, 4) is 11.5 Å². The fourth-order valence-electron chi connectivity index (χ4n) is 2.22. The Hall–Kier alpha value is -2.73. The lowest BCUT2D eigenvalue weighted by molar-refractivity contribution is 0.296. The van der Waals surface area contributed by atoms with Crippen LogP contribution in [0.3, 0.4) is 0 Å². The van der Waals surface area contributed by atoms with Crippen LogP contribution < -0.4 is 15.7 Å². The molecular weight excluding hydrogens is 320 g/mol. The number of halogens is 1. The summed E-state index contributed by atoms with van der Waals surface area (Å²) in [4.78, 5) is 23.9. The predicted molar refractivity (Wildman–Crippen MR) is 86.5 cm³/mol. The lowest BCUT2D eigenvalue weighted by Gasteiger charge is -2.11. The van der Waals surface area contributed by atoms with Crippen molar-refractivity contribution in [2.24, 2.45) is 0 Å². The van der Waals surface area contributed by atoms with Crippen molar-refractivity contribution in [2.45, 2.75) is 6.54 Å². The minimum absolute atomic E-state index is 0.0576. The third-order valence-electron chi connectivity index (χ3n) is 3.40. The monoisotopic (exact) mass is 332 g/mol. The number of benzene rings is 1. The summed E-state index contributed by atoms with van der Waals surface area (Å²) in [6.45, 7) is 0.473. The Kier molecular flexibility index (Phi) is 4.08. The van der Waals surface area contributed by atoms with Gasteiger partial charge in [0.25, 0.3) is 5.56 Å². The molecule has 2 aromatic heterocycles. The summed E-state index contributed by atoms with van der Waals surface area (Å²) in [6, 6.07) is 8.24. The molecule has 3 aromatic rings. The highest BCUT2D eigenvalue weighted by Crippen LogP contribution is 2.22. The van der Waals surface area contributed by atoms with Crippen molar-refractivity contribution in [2.75, 3.05) is 6.61 Å². The van der Waals surface area contributed by atoms with Gasteiger partial charge in [-0.25, -0.2) is 0 Å². The van der Waals surface area contributed by atoms with E-state index in [1.165, 1.54) is 21.2 Å². The molecule has 0 aliphatic rings. The second-order valence-electron chi connectivity index (χ2n) is 4.86. The van der Waals surface area contributed by atoms with E-state index in [1.807, 2.05) is 0 Å². The third kappa shape index (κ3) is 2.93. The first-order chi connectivity index (χ1) is 11.1. The summed E-state index contributed by atoms with van der Waals surface area (Å²) >= 11 is 5.99. The number of ether oxygens (including phenoxy) is 1. The molecule has 0 saturated heterocycles. The van der Waals surface area contributed by atoms with Gasteiger partial charge in [0.1, 0.15) is 12.4 Å². The molecule has 0 radical (unpaired) electrons. The van der Waals surface area contributed by atoms with E-state index < -0.39 is 16.7 Å². The number of hydrogen-bond donors (Lipinski definition) is 1. The summed E-state index contributed by atoms with van der Waals surface area (Å²) in [5, 5.41) is 10.3. The number of nitrogens with zero attached hydrogens (tertiary/aromatic N) is 2. The summed E-state index contributed by atoms with van der Waals surface area (Å²) in [7, 11) is 0. The van der Waals surface area contributed by atoms with Gasteiger partial charge in [-0.15, -0.1) is 0 Å². The van der Waals surface area contributed by atoms with Gasteiger partial charge in [0, 0.05) is 24.7 Å². The predicted octanol–water partition coefficient (Wildman–Crippen LogP) is 1.90. The van der Waals surface area contributed by atoms with Gasteiger partial charge in [-0.1, -0.05) is 23.7 Å². The lowest BCUT2D eigenvalue weighted by atomic mass is 10.3. The Morgan fingerprint density at radius 2 is 1.87 bits per heavy atom. The van der Waals surface area contributed by atoms with Crippen LogP contribution in [0.1, 0.15) is 0 Å². The van der Waals surface area contributed by atoms with Crippen molar-refractivity contribution in [1.82, 2.24) is 8.97 Å². The van der Waals surface area contributed by atoms with E-state index in [1.54, 1.807) is 36.7 Å². The minimum atomic E-state index is -0.591. The fraction of sp³-hybridized carbons (Fsp3) is 0.125. The van der Waals surface area contributed by atoms with Crippen molar-refractivity contribution in [3.05, 3.63) is 74.5 Å². The van der Waals surface area contributed by atoms with Crippen molar-refractivity contribution >= 4 is 17.1 Å². The number of para-hydroxylation sites is 1. The number of pyridine rings is 1. The Bertz CT molecular complexity index is 978. The first kappa shape index (κ1) is 15.2. The van der Waals surface area contributed by atoms with Crippen molar-refractivity contribution in [3.63, 3.8) is 0 Å². The van der Waals surface area contributed by atoms with Gasteiger partial charge in [0.05, 0.1) is 11.6 Å². The van der Waals surface area contributed by atoms with Crippen LogP contribution >= 0.6 is 11.6 Å². The van der Waals surface area contributed by atoms with Gasteiger partial charge in [-0.05, 0) is 12.1 Å². The SMILES string of the molecule is O=c1ccn2ccn(CCOc3ccccc3Cl)c(=O)c2c1O. The van der Waals surface area contributed by atoms with Gasteiger partial charge in [-0.3, -0.25) is 9.59 Å². The average molecular weight is 333 g/mol. The highest BCUT2D eigenvalue weighted by molar-refractivity contribution is 6.32. The normalized spacial score (nSPS) is 10.8. The molecule has 0 fully saturated rings. The Morgan fingerprint density at radius 1 is 1.09 bits per heavy atom. The number of rotatable bonds is 4. The molecule has 0 amide bonds. The first-order valence-electron chi connectivity index (χ1n) is 6.88. The molecule has 0 atom stereocenters. The molecule has 0 unspecified atom stereocenters. The summed E-state index contributed by atoms with van der Waals surface area (Å²) in [5.74, 6) is -0.0269. The smallest absolute Gasteiger partial charge is 0.278 e. The second kappa shape index (κ2) is 6.18. The highest BCUT2D eigenvalue weighted by atomic mass is 35.5. The van der Waals surface area contributed by atoms with Gasteiger partial charge >= 0.3 is 0 Å². The van der Waals surface area contributed by atoms with E-state index in [-0.39, 0.29) is 18.7 Å². The van der Waals surface area contributed by atoms with E-state index >= 15 is 0 Å². The second-order valence-corrected chi connectivity index (χ2v) is 5.27. The van der Waals surface area contributed by atoms with E-state index in [0.717, 1.165) is 0 Å². The lowest BCUT2D eigenvalue weighted by Crippen LogP contribution is -2.25.